The number of sulfonamides is 1. The number of aromatic amines is 1. The number of aromatic nitrogens is 2. The Morgan fingerprint density at radius 2 is 2.03 bits per heavy atom. The van der Waals surface area contributed by atoms with E-state index in [0.717, 1.165) is 18.0 Å². The summed E-state index contributed by atoms with van der Waals surface area (Å²) in [7, 11) is -3.32. The van der Waals surface area contributed by atoms with E-state index in [1.54, 1.807) is 24.3 Å². The second-order valence-electron chi connectivity index (χ2n) is 8.64. The molecule has 2 aromatic rings. The predicted octanol–water partition coefficient (Wildman–Crippen LogP) is 3.84. The number of benzene rings is 1. The van der Waals surface area contributed by atoms with Crippen LogP contribution in [-0.4, -0.2) is 66.3 Å². The van der Waals surface area contributed by atoms with Crippen LogP contribution in [0.2, 0.25) is 5.02 Å². The van der Waals surface area contributed by atoms with Crippen molar-refractivity contribution in [1.29, 1.82) is 0 Å². The Kier molecular flexibility index (Phi) is 7.60. The van der Waals surface area contributed by atoms with Gasteiger partial charge in [-0.2, -0.15) is 13.2 Å². The molecule has 1 unspecified atom stereocenters. The number of allylic oxidation sites excluding steroid dienone is 2. The maximum absolute atomic E-state index is 14.1. The molecule has 1 fully saturated rings. The predicted molar refractivity (Wildman–Crippen MR) is 133 cm³/mol. The molecule has 1 aromatic heterocycles. The van der Waals surface area contributed by atoms with Gasteiger partial charge in [0.15, 0.2) is 6.29 Å². The Balaban J connectivity index is 1.71. The lowest BCUT2D eigenvalue weighted by molar-refractivity contribution is -0.0865. The second kappa shape index (κ2) is 10.4. The summed E-state index contributed by atoms with van der Waals surface area (Å²) in [6.45, 7) is 4.31. The zero-order valence-corrected chi connectivity index (χ0v) is 21.0. The summed E-state index contributed by atoms with van der Waals surface area (Å²) in [5.41, 5.74) is 0.0249. The molecule has 4 rings (SSSR count). The van der Waals surface area contributed by atoms with Crippen molar-refractivity contribution in [3.8, 4) is 0 Å². The molecule has 13 heteroatoms. The molecule has 8 nitrogen and oxygen atoms in total. The van der Waals surface area contributed by atoms with Crippen molar-refractivity contribution in [2.45, 2.75) is 37.8 Å². The van der Waals surface area contributed by atoms with E-state index in [2.05, 4.69) is 26.9 Å². The molecular formula is C23H26ClF3N6O2S. The fourth-order valence-corrected chi connectivity index (χ4v) is 5.44. The van der Waals surface area contributed by atoms with E-state index in [4.69, 9.17) is 11.6 Å². The molecule has 1 atom stereocenters. The number of piperidine rings is 1. The summed E-state index contributed by atoms with van der Waals surface area (Å²) in [6, 6.07) is 4.94. The topological polar surface area (TPSA) is 93.7 Å². The van der Waals surface area contributed by atoms with E-state index in [-0.39, 0.29) is 22.5 Å². The van der Waals surface area contributed by atoms with Crippen LogP contribution in [0, 0.1) is 0 Å². The van der Waals surface area contributed by atoms with Gasteiger partial charge >= 0.3 is 6.18 Å². The van der Waals surface area contributed by atoms with Gasteiger partial charge in [0.25, 0.3) is 0 Å². The molecule has 1 aromatic carbocycles. The minimum atomic E-state index is -4.70. The van der Waals surface area contributed by atoms with Crippen molar-refractivity contribution < 1.29 is 21.6 Å². The monoisotopic (exact) mass is 542 g/mol. The molecule has 0 saturated carbocycles. The van der Waals surface area contributed by atoms with Crippen LogP contribution in [-0.2, 0) is 16.4 Å². The summed E-state index contributed by atoms with van der Waals surface area (Å²) in [5.74, 6) is 0. The van der Waals surface area contributed by atoms with E-state index in [1.807, 2.05) is 0 Å². The molecule has 0 radical (unpaired) electrons. The van der Waals surface area contributed by atoms with E-state index >= 15 is 0 Å². The fourth-order valence-electron chi connectivity index (χ4n) is 4.26. The average molecular weight is 543 g/mol. The molecule has 2 aliphatic rings. The zero-order chi connectivity index (χ0) is 26.1. The average Bonchev–Trinajstić information content (AvgIpc) is 3.33. The summed E-state index contributed by atoms with van der Waals surface area (Å²) in [5, 5.41) is 3.57. The van der Waals surface area contributed by atoms with E-state index in [0.29, 0.717) is 38.0 Å². The number of anilines is 1. The van der Waals surface area contributed by atoms with Crippen LogP contribution in [0.4, 0.5) is 18.9 Å². The summed E-state index contributed by atoms with van der Waals surface area (Å²) in [6.07, 6.45) is 2.40. The molecular weight excluding hydrogens is 517 g/mol. The number of nitrogens with one attached hydrogen (secondary N) is 2. The summed E-state index contributed by atoms with van der Waals surface area (Å²) < 4.78 is 67.5. The highest BCUT2D eigenvalue weighted by Gasteiger charge is 2.42. The van der Waals surface area contributed by atoms with Gasteiger partial charge in [-0.05, 0) is 37.0 Å². The van der Waals surface area contributed by atoms with E-state index in [1.165, 1.54) is 21.7 Å². The lowest BCUT2D eigenvalue weighted by Gasteiger charge is -2.38. The number of aliphatic imine (C=N–C) groups is 1. The maximum atomic E-state index is 14.1. The molecule has 0 spiro atoms. The van der Waals surface area contributed by atoms with Gasteiger partial charge in [-0.15, -0.1) is 6.58 Å². The Hall–Kier alpha value is -2.67. The van der Waals surface area contributed by atoms with Gasteiger partial charge in [-0.3, -0.25) is 5.32 Å². The lowest BCUT2D eigenvalue weighted by atomic mass is 10.0. The SMILES string of the molecule is C=CCc1ccc(N2C=C(C(F)(F)F)C(c3c[nH]cn3)=NC2NC2CCN(S(C)(=O)=O)CC2)c(Cl)c1. The Bertz CT molecular complexity index is 1270. The molecule has 0 amide bonds. The number of alkyl halides is 3. The second-order valence-corrected chi connectivity index (χ2v) is 11.0. The molecule has 1 saturated heterocycles. The highest BCUT2D eigenvalue weighted by atomic mass is 35.5. The Morgan fingerprint density at radius 1 is 1.31 bits per heavy atom. The number of H-pyrrole nitrogens is 1. The standard InChI is InChI=1S/C23H26ClF3N6O2S/c1-3-4-15-5-6-20(18(24)11-15)33-13-17(23(25,26)27)21(19-12-28-14-29-19)31-22(33)30-16-7-9-32(10-8-16)36(2,34)35/h3,5-6,11-14,16,22,30H,1,4,7-10H2,2H3,(H,28,29). The van der Waals surface area contributed by atoms with Crippen molar-refractivity contribution in [1.82, 2.24) is 19.6 Å². The van der Waals surface area contributed by atoms with Gasteiger partial charge in [-0.1, -0.05) is 23.7 Å². The summed E-state index contributed by atoms with van der Waals surface area (Å²) in [4.78, 5) is 12.5. The van der Waals surface area contributed by atoms with Gasteiger partial charge < -0.3 is 9.88 Å². The van der Waals surface area contributed by atoms with Crippen LogP contribution in [0.1, 0.15) is 24.1 Å². The van der Waals surface area contributed by atoms with Gasteiger partial charge in [0.05, 0.1) is 28.9 Å². The maximum Gasteiger partial charge on any atom is 0.419 e. The molecule has 3 heterocycles. The molecule has 2 N–H and O–H groups in total. The first-order chi connectivity index (χ1) is 17.0. The third-order valence-corrected chi connectivity index (χ3v) is 7.67. The number of hydrogen-bond donors (Lipinski definition) is 2. The first kappa shape index (κ1) is 26.4. The fraction of sp³-hybridized carbons (Fsp3) is 0.391. The van der Waals surface area contributed by atoms with Gasteiger partial charge in [0.1, 0.15) is 11.4 Å². The number of imidazole rings is 1. The molecule has 0 bridgehead atoms. The number of nitrogens with zero attached hydrogens (tertiary/aromatic N) is 4. The Labute approximate surface area is 212 Å². The number of halogens is 4. The van der Waals surface area contributed by atoms with Crippen molar-refractivity contribution >= 4 is 33.0 Å². The lowest BCUT2D eigenvalue weighted by Crippen LogP contribution is -2.53. The smallest absolute Gasteiger partial charge is 0.351 e. The number of hydrogen-bond acceptors (Lipinski definition) is 6. The molecule has 194 valence electrons. The van der Waals surface area contributed by atoms with Crippen molar-refractivity contribution in [2.75, 3.05) is 24.2 Å². The highest BCUT2D eigenvalue weighted by molar-refractivity contribution is 7.88. The van der Waals surface area contributed by atoms with Gasteiger partial charge in [0.2, 0.25) is 10.0 Å². The molecule has 0 aliphatic carbocycles. The van der Waals surface area contributed by atoms with Crippen LogP contribution in [0.3, 0.4) is 0 Å². The van der Waals surface area contributed by atoms with Gasteiger partial charge in [0, 0.05) is 31.5 Å². The van der Waals surface area contributed by atoms with Crippen molar-refractivity contribution in [3.63, 3.8) is 0 Å². The van der Waals surface area contributed by atoms with E-state index in [9.17, 15) is 21.6 Å². The summed E-state index contributed by atoms with van der Waals surface area (Å²) >= 11 is 6.52. The third kappa shape index (κ3) is 5.83. The Morgan fingerprint density at radius 3 is 2.58 bits per heavy atom. The first-order valence-corrected chi connectivity index (χ1v) is 13.4. The van der Waals surface area contributed by atoms with E-state index < -0.39 is 28.1 Å². The zero-order valence-electron chi connectivity index (χ0n) is 19.5. The van der Waals surface area contributed by atoms with Crippen LogP contribution in [0.15, 0.2) is 60.1 Å². The third-order valence-electron chi connectivity index (χ3n) is 6.06. The molecule has 2 aliphatic heterocycles. The van der Waals surface area contributed by atoms with Crippen LogP contribution in [0.5, 0.6) is 0 Å². The van der Waals surface area contributed by atoms with Crippen LogP contribution >= 0.6 is 11.6 Å². The van der Waals surface area contributed by atoms with Crippen molar-refractivity contribution in [3.05, 3.63) is 71.4 Å². The number of rotatable bonds is 7. The quantitative estimate of drug-likeness (QED) is 0.519. The molecule has 36 heavy (non-hydrogen) atoms. The largest absolute Gasteiger partial charge is 0.419 e. The first-order valence-electron chi connectivity index (χ1n) is 11.2. The minimum absolute atomic E-state index is 0.0596. The van der Waals surface area contributed by atoms with Crippen molar-refractivity contribution in [2.24, 2.45) is 4.99 Å². The van der Waals surface area contributed by atoms with Gasteiger partial charge in [-0.25, -0.2) is 22.7 Å². The van der Waals surface area contributed by atoms with Crippen LogP contribution in [0.25, 0.3) is 0 Å². The normalized spacial score (nSPS) is 20.2. The van der Waals surface area contributed by atoms with Crippen LogP contribution < -0.4 is 10.2 Å². The highest BCUT2D eigenvalue weighted by Crippen LogP contribution is 2.37. The minimum Gasteiger partial charge on any atom is -0.351 e.